The lowest BCUT2D eigenvalue weighted by molar-refractivity contribution is 0.660. The Bertz CT molecular complexity index is 2680. The molecule has 0 amide bonds. The number of furan rings is 1. The second-order valence-corrected chi connectivity index (χ2v) is 13.9. The highest BCUT2D eigenvalue weighted by Crippen LogP contribution is 2.52. The van der Waals surface area contributed by atoms with Crippen LogP contribution in [-0.4, -0.2) is 0 Å². The molecule has 0 saturated heterocycles. The maximum atomic E-state index is 6.85. The lowest BCUT2D eigenvalue weighted by atomic mass is 9.82. The van der Waals surface area contributed by atoms with E-state index >= 15 is 0 Å². The second kappa shape index (κ2) is 9.32. The molecule has 0 aliphatic heterocycles. The largest absolute Gasteiger partial charge is 0.454 e. The van der Waals surface area contributed by atoms with Crippen molar-refractivity contribution in [2.45, 2.75) is 19.3 Å². The highest BCUT2D eigenvalue weighted by atomic mass is 32.1. The average Bonchev–Trinajstić information content (AvgIpc) is 3.74. The van der Waals surface area contributed by atoms with Gasteiger partial charge in [-0.15, -0.1) is 11.3 Å². The Balaban J connectivity index is 1.23. The molecule has 0 N–H and O–H groups in total. The Morgan fingerprint density at radius 1 is 0.543 bits per heavy atom. The van der Waals surface area contributed by atoms with Crippen molar-refractivity contribution >= 4 is 81.3 Å². The number of thiophene rings is 1. The van der Waals surface area contributed by atoms with Crippen molar-refractivity contribution in [2.75, 3.05) is 4.90 Å². The number of anilines is 3. The number of fused-ring (bicyclic) bond motifs is 12. The zero-order valence-electron chi connectivity index (χ0n) is 25.5. The van der Waals surface area contributed by atoms with Crippen molar-refractivity contribution in [1.82, 2.24) is 0 Å². The molecular weight excluding hydrogens is 579 g/mol. The van der Waals surface area contributed by atoms with Crippen LogP contribution in [0.5, 0.6) is 0 Å². The maximum absolute atomic E-state index is 6.85. The smallest absolute Gasteiger partial charge is 0.159 e. The topological polar surface area (TPSA) is 16.4 Å². The summed E-state index contributed by atoms with van der Waals surface area (Å²) in [5.41, 5.74) is 10.4. The summed E-state index contributed by atoms with van der Waals surface area (Å²) < 4.78 is 9.46. The van der Waals surface area contributed by atoms with E-state index in [2.05, 4.69) is 158 Å². The zero-order valence-corrected chi connectivity index (χ0v) is 26.4. The van der Waals surface area contributed by atoms with E-state index in [1.165, 1.54) is 58.6 Å². The van der Waals surface area contributed by atoms with Crippen molar-refractivity contribution in [3.8, 4) is 11.1 Å². The van der Waals surface area contributed by atoms with Gasteiger partial charge in [-0.25, -0.2) is 0 Å². The molecule has 0 atom stereocenters. The maximum Gasteiger partial charge on any atom is 0.159 e. The minimum Gasteiger partial charge on any atom is -0.454 e. The summed E-state index contributed by atoms with van der Waals surface area (Å²) in [6.07, 6.45) is 0. The molecule has 0 saturated carbocycles. The summed E-state index contributed by atoms with van der Waals surface area (Å²) in [5, 5.41) is 7.50. The standard InChI is InChI=1S/C43H29NOS/c1-43(2)35-17-9-8-15-30(35)31-22-20-28(25-36(31)43)44(27-12-4-3-5-13-27)37-18-10-16-34-39-38(45-40(34)37)24-23-33-32-21-19-26-11-6-7-14-29(26)41(32)46-42(33)39/h3-25H,1-2H3. The lowest BCUT2D eigenvalue weighted by Crippen LogP contribution is -2.16. The van der Waals surface area contributed by atoms with Crippen LogP contribution in [0.25, 0.3) is 64.0 Å². The quantitative estimate of drug-likeness (QED) is 0.199. The molecule has 3 heteroatoms. The van der Waals surface area contributed by atoms with Crippen LogP contribution in [0.3, 0.4) is 0 Å². The predicted molar refractivity (Wildman–Crippen MR) is 196 cm³/mol. The van der Waals surface area contributed by atoms with E-state index in [1.807, 2.05) is 11.3 Å². The number of benzene rings is 7. The number of nitrogens with zero attached hydrogens (tertiary/aromatic N) is 1. The third-order valence-electron chi connectivity index (χ3n) is 10.0. The zero-order chi connectivity index (χ0) is 30.6. The van der Waals surface area contributed by atoms with Gasteiger partial charge in [-0.2, -0.15) is 0 Å². The molecule has 1 aliphatic rings. The summed E-state index contributed by atoms with van der Waals surface area (Å²) in [6, 6.07) is 50.7. The van der Waals surface area contributed by atoms with Crippen molar-refractivity contribution in [2.24, 2.45) is 0 Å². The third-order valence-corrected chi connectivity index (χ3v) is 11.3. The van der Waals surface area contributed by atoms with Crippen molar-refractivity contribution in [3.05, 3.63) is 151 Å². The van der Waals surface area contributed by atoms with E-state index in [0.29, 0.717) is 0 Å². The Hall–Kier alpha value is -5.38. The van der Waals surface area contributed by atoms with Crippen LogP contribution in [0.4, 0.5) is 17.1 Å². The van der Waals surface area contributed by atoms with Crippen LogP contribution in [0.1, 0.15) is 25.0 Å². The molecule has 46 heavy (non-hydrogen) atoms. The SMILES string of the molecule is CC1(C)c2ccccc2-c2ccc(N(c3ccccc3)c3cccc4c3oc3ccc5c6ccc7ccccc7c6sc5c34)cc21. The summed E-state index contributed by atoms with van der Waals surface area (Å²) >= 11 is 1.88. The fourth-order valence-corrected chi connectivity index (χ4v) is 9.23. The Morgan fingerprint density at radius 2 is 1.28 bits per heavy atom. The van der Waals surface area contributed by atoms with Gasteiger partial charge in [0.25, 0.3) is 0 Å². The van der Waals surface area contributed by atoms with Gasteiger partial charge < -0.3 is 9.32 Å². The van der Waals surface area contributed by atoms with Crippen molar-refractivity contribution < 1.29 is 4.42 Å². The monoisotopic (exact) mass is 607 g/mol. The van der Waals surface area contributed by atoms with E-state index < -0.39 is 0 Å². The molecule has 2 nitrogen and oxygen atoms in total. The van der Waals surface area contributed by atoms with Gasteiger partial charge >= 0.3 is 0 Å². The van der Waals surface area contributed by atoms with Crippen LogP contribution >= 0.6 is 11.3 Å². The molecule has 9 aromatic rings. The highest BCUT2D eigenvalue weighted by molar-refractivity contribution is 7.27. The first-order valence-electron chi connectivity index (χ1n) is 15.9. The van der Waals surface area contributed by atoms with Gasteiger partial charge in [0.05, 0.1) is 5.69 Å². The van der Waals surface area contributed by atoms with Gasteiger partial charge in [-0.3, -0.25) is 0 Å². The molecule has 2 heterocycles. The van der Waals surface area contributed by atoms with E-state index in [1.54, 1.807) is 0 Å². The third kappa shape index (κ3) is 3.46. The van der Waals surface area contributed by atoms with Crippen LogP contribution in [0.15, 0.2) is 144 Å². The minimum atomic E-state index is -0.0907. The first-order chi connectivity index (χ1) is 22.6. The Labute approximate surface area is 270 Å². The average molecular weight is 608 g/mol. The molecule has 10 rings (SSSR count). The fourth-order valence-electron chi connectivity index (χ4n) is 7.84. The molecule has 0 radical (unpaired) electrons. The molecular formula is C43H29NOS. The Kier molecular flexibility index (Phi) is 5.25. The molecule has 0 unspecified atom stereocenters. The fraction of sp³-hybridized carbons (Fsp3) is 0.0698. The van der Waals surface area contributed by atoms with Gasteiger partial charge in [0.15, 0.2) is 5.58 Å². The molecule has 7 aromatic carbocycles. The number of hydrogen-bond acceptors (Lipinski definition) is 3. The normalized spacial score (nSPS) is 13.6. The number of para-hydroxylation sites is 2. The highest BCUT2D eigenvalue weighted by Gasteiger charge is 2.36. The second-order valence-electron chi connectivity index (χ2n) is 12.9. The molecule has 218 valence electrons. The molecule has 0 bridgehead atoms. The lowest BCUT2D eigenvalue weighted by Gasteiger charge is -2.28. The van der Waals surface area contributed by atoms with Gasteiger partial charge in [-0.1, -0.05) is 111 Å². The van der Waals surface area contributed by atoms with Crippen LogP contribution in [0, 0.1) is 0 Å². The number of hydrogen-bond donors (Lipinski definition) is 0. The minimum absolute atomic E-state index is 0.0907. The van der Waals surface area contributed by atoms with Gasteiger partial charge in [-0.05, 0) is 75.5 Å². The first-order valence-corrected chi connectivity index (χ1v) is 16.7. The van der Waals surface area contributed by atoms with Crippen LogP contribution in [-0.2, 0) is 5.41 Å². The number of rotatable bonds is 3. The first kappa shape index (κ1) is 25.9. The van der Waals surface area contributed by atoms with Crippen molar-refractivity contribution in [1.29, 1.82) is 0 Å². The van der Waals surface area contributed by atoms with E-state index in [0.717, 1.165) is 33.6 Å². The van der Waals surface area contributed by atoms with E-state index in [9.17, 15) is 0 Å². The molecule has 2 aromatic heterocycles. The molecule has 0 spiro atoms. The van der Waals surface area contributed by atoms with Gasteiger partial charge in [0.2, 0.25) is 0 Å². The predicted octanol–water partition coefficient (Wildman–Crippen LogP) is 12.9. The van der Waals surface area contributed by atoms with Gasteiger partial charge in [0, 0.05) is 47.7 Å². The van der Waals surface area contributed by atoms with Crippen molar-refractivity contribution in [3.63, 3.8) is 0 Å². The summed E-state index contributed by atoms with van der Waals surface area (Å²) in [5.74, 6) is 0. The van der Waals surface area contributed by atoms with E-state index in [4.69, 9.17) is 4.42 Å². The summed E-state index contributed by atoms with van der Waals surface area (Å²) in [6.45, 7) is 4.68. The summed E-state index contributed by atoms with van der Waals surface area (Å²) in [7, 11) is 0. The molecule has 1 aliphatic carbocycles. The summed E-state index contributed by atoms with van der Waals surface area (Å²) in [4.78, 5) is 2.36. The van der Waals surface area contributed by atoms with Gasteiger partial charge in [0.1, 0.15) is 5.58 Å². The van der Waals surface area contributed by atoms with E-state index in [-0.39, 0.29) is 5.41 Å². The molecule has 0 fully saturated rings. The Morgan fingerprint density at radius 3 is 2.20 bits per heavy atom. The van der Waals surface area contributed by atoms with Crippen LogP contribution < -0.4 is 4.90 Å². The van der Waals surface area contributed by atoms with Crippen LogP contribution in [0.2, 0.25) is 0 Å².